The SMILES string of the molecule is CCNC(=NCc1cc(C#N)ccc1F)NCCc1ccccc1Cl. The van der Waals surface area contributed by atoms with Crippen LogP contribution in [0.5, 0.6) is 0 Å². The van der Waals surface area contributed by atoms with Crippen LogP contribution in [0.15, 0.2) is 47.5 Å². The number of halogens is 2. The maximum atomic E-state index is 13.8. The lowest BCUT2D eigenvalue weighted by molar-refractivity contribution is 0.610. The second-order valence-corrected chi connectivity index (χ2v) is 5.79. The fourth-order valence-electron chi connectivity index (χ4n) is 2.29. The van der Waals surface area contributed by atoms with E-state index in [1.54, 1.807) is 0 Å². The van der Waals surface area contributed by atoms with Crippen LogP contribution < -0.4 is 10.6 Å². The molecule has 0 spiro atoms. The van der Waals surface area contributed by atoms with Crippen LogP contribution in [0.3, 0.4) is 0 Å². The predicted octanol–water partition coefficient (Wildman–Crippen LogP) is 3.65. The average molecular weight is 359 g/mol. The second kappa shape index (κ2) is 9.65. The Morgan fingerprint density at radius 3 is 2.72 bits per heavy atom. The van der Waals surface area contributed by atoms with Crippen LogP contribution in [0.4, 0.5) is 4.39 Å². The summed E-state index contributed by atoms with van der Waals surface area (Å²) in [7, 11) is 0. The molecule has 2 rings (SSSR count). The van der Waals surface area contributed by atoms with Crippen molar-refractivity contribution in [2.45, 2.75) is 19.9 Å². The summed E-state index contributed by atoms with van der Waals surface area (Å²) in [5.41, 5.74) is 1.87. The van der Waals surface area contributed by atoms with Crippen LogP contribution in [-0.4, -0.2) is 19.0 Å². The Hall–Kier alpha value is -2.58. The molecule has 0 aliphatic carbocycles. The zero-order chi connectivity index (χ0) is 18.1. The molecule has 0 saturated heterocycles. The van der Waals surface area contributed by atoms with Crippen LogP contribution in [0.25, 0.3) is 0 Å². The first-order valence-corrected chi connectivity index (χ1v) is 8.46. The van der Waals surface area contributed by atoms with E-state index in [1.807, 2.05) is 37.3 Å². The molecule has 0 unspecified atom stereocenters. The minimum Gasteiger partial charge on any atom is -0.357 e. The monoisotopic (exact) mass is 358 g/mol. The molecule has 0 aliphatic rings. The van der Waals surface area contributed by atoms with Gasteiger partial charge in [-0.25, -0.2) is 9.38 Å². The van der Waals surface area contributed by atoms with Gasteiger partial charge in [-0.2, -0.15) is 5.26 Å². The Morgan fingerprint density at radius 2 is 2.00 bits per heavy atom. The lowest BCUT2D eigenvalue weighted by Crippen LogP contribution is -2.38. The van der Waals surface area contributed by atoms with Crippen molar-refractivity contribution in [2.24, 2.45) is 4.99 Å². The third-order valence-corrected chi connectivity index (χ3v) is 3.94. The topological polar surface area (TPSA) is 60.2 Å². The molecule has 130 valence electrons. The number of benzene rings is 2. The van der Waals surface area contributed by atoms with Gasteiger partial charge in [0.2, 0.25) is 0 Å². The number of hydrogen-bond acceptors (Lipinski definition) is 2. The number of rotatable bonds is 6. The molecule has 6 heteroatoms. The summed E-state index contributed by atoms with van der Waals surface area (Å²) in [6, 6.07) is 14.0. The number of aliphatic imine (C=N–C) groups is 1. The predicted molar refractivity (Wildman–Crippen MR) is 99.1 cm³/mol. The molecule has 0 atom stereocenters. The number of nitrogens with zero attached hydrogens (tertiary/aromatic N) is 2. The van der Waals surface area contributed by atoms with Gasteiger partial charge in [0.25, 0.3) is 0 Å². The van der Waals surface area contributed by atoms with E-state index >= 15 is 0 Å². The number of nitrogens with one attached hydrogen (secondary N) is 2. The van der Waals surface area contributed by atoms with Gasteiger partial charge in [0.1, 0.15) is 5.82 Å². The van der Waals surface area contributed by atoms with Crippen molar-refractivity contribution in [3.63, 3.8) is 0 Å². The van der Waals surface area contributed by atoms with Gasteiger partial charge in [-0.05, 0) is 43.2 Å². The lowest BCUT2D eigenvalue weighted by atomic mass is 10.1. The summed E-state index contributed by atoms with van der Waals surface area (Å²) in [6.07, 6.45) is 0.752. The molecule has 2 aromatic carbocycles. The first-order valence-electron chi connectivity index (χ1n) is 8.08. The van der Waals surface area contributed by atoms with Gasteiger partial charge in [-0.15, -0.1) is 0 Å². The molecule has 25 heavy (non-hydrogen) atoms. The third-order valence-electron chi connectivity index (χ3n) is 3.57. The molecule has 0 saturated carbocycles. The van der Waals surface area contributed by atoms with Gasteiger partial charge < -0.3 is 10.6 Å². The molecule has 0 heterocycles. The molecule has 0 radical (unpaired) electrons. The lowest BCUT2D eigenvalue weighted by Gasteiger charge is -2.12. The van der Waals surface area contributed by atoms with Crippen LogP contribution in [0.2, 0.25) is 5.02 Å². The fraction of sp³-hybridized carbons (Fsp3) is 0.263. The van der Waals surface area contributed by atoms with Gasteiger partial charge in [-0.1, -0.05) is 29.8 Å². The summed E-state index contributed by atoms with van der Waals surface area (Å²) in [6.45, 7) is 3.46. The first kappa shape index (κ1) is 18.8. The number of guanidine groups is 1. The highest BCUT2D eigenvalue weighted by atomic mass is 35.5. The first-order chi connectivity index (χ1) is 12.1. The van der Waals surface area contributed by atoms with Gasteiger partial charge in [0.15, 0.2) is 5.96 Å². The summed E-state index contributed by atoms with van der Waals surface area (Å²) in [4.78, 5) is 4.39. The summed E-state index contributed by atoms with van der Waals surface area (Å²) < 4.78 is 13.8. The molecule has 2 N–H and O–H groups in total. The molecule has 0 aliphatic heterocycles. The molecular weight excluding hydrogens is 339 g/mol. The van der Waals surface area contributed by atoms with Crippen molar-refractivity contribution >= 4 is 17.6 Å². The quantitative estimate of drug-likeness (QED) is 0.612. The molecule has 0 amide bonds. The third kappa shape index (κ3) is 5.77. The van der Waals surface area contributed by atoms with Gasteiger partial charge in [0.05, 0.1) is 18.2 Å². The number of hydrogen-bond donors (Lipinski definition) is 2. The molecule has 4 nitrogen and oxygen atoms in total. The molecule has 0 aromatic heterocycles. The Bertz CT molecular complexity index is 783. The van der Waals surface area contributed by atoms with E-state index in [1.165, 1.54) is 18.2 Å². The van der Waals surface area contributed by atoms with Crippen molar-refractivity contribution in [3.05, 3.63) is 70.0 Å². The van der Waals surface area contributed by atoms with Crippen LogP contribution in [0.1, 0.15) is 23.6 Å². The largest absolute Gasteiger partial charge is 0.357 e. The van der Waals surface area contributed by atoms with Crippen molar-refractivity contribution in [1.82, 2.24) is 10.6 Å². The van der Waals surface area contributed by atoms with Crippen molar-refractivity contribution in [1.29, 1.82) is 5.26 Å². The highest BCUT2D eigenvalue weighted by Crippen LogP contribution is 2.15. The van der Waals surface area contributed by atoms with E-state index in [0.717, 1.165) is 17.0 Å². The van der Waals surface area contributed by atoms with Gasteiger partial charge >= 0.3 is 0 Å². The van der Waals surface area contributed by atoms with Crippen molar-refractivity contribution < 1.29 is 4.39 Å². The summed E-state index contributed by atoms with van der Waals surface area (Å²) >= 11 is 6.15. The minimum absolute atomic E-state index is 0.156. The van der Waals surface area contributed by atoms with Crippen molar-refractivity contribution in [3.8, 4) is 6.07 Å². The van der Waals surface area contributed by atoms with E-state index in [0.29, 0.717) is 30.2 Å². The zero-order valence-electron chi connectivity index (χ0n) is 14.0. The normalized spacial score (nSPS) is 11.0. The highest BCUT2D eigenvalue weighted by molar-refractivity contribution is 6.31. The zero-order valence-corrected chi connectivity index (χ0v) is 14.8. The maximum Gasteiger partial charge on any atom is 0.191 e. The highest BCUT2D eigenvalue weighted by Gasteiger charge is 2.05. The van der Waals surface area contributed by atoms with Crippen LogP contribution >= 0.6 is 11.6 Å². The van der Waals surface area contributed by atoms with E-state index < -0.39 is 0 Å². The van der Waals surface area contributed by atoms with E-state index in [2.05, 4.69) is 15.6 Å². The standard InChI is InChI=1S/C19H20ClFN4/c1-2-23-19(24-10-9-15-5-3-4-6-17(15)20)25-13-16-11-14(12-22)7-8-18(16)21/h3-8,11H,2,9-10,13H2,1H3,(H2,23,24,25). The Kier molecular flexibility index (Phi) is 7.24. The van der Waals surface area contributed by atoms with Gasteiger partial charge in [-0.3, -0.25) is 0 Å². The van der Waals surface area contributed by atoms with Crippen LogP contribution in [-0.2, 0) is 13.0 Å². The second-order valence-electron chi connectivity index (χ2n) is 5.38. The van der Waals surface area contributed by atoms with E-state index in [9.17, 15) is 4.39 Å². The number of nitriles is 1. The van der Waals surface area contributed by atoms with E-state index in [4.69, 9.17) is 16.9 Å². The molecule has 0 bridgehead atoms. The van der Waals surface area contributed by atoms with E-state index in [-0.39, 0.29) is 12.4 Å². The Morgan fingerprint density at radius 1 is 1.20 bits per heavy atom. The van der Waals surface area contributed by atoms with Gasteiger partial charge in [0, 0.05) is 23.7 Å². The minimum atomic E-state index is -0.366. The smallest absolute Gasteiger partial charge is 0.191 e. The fourth-order valence-corrected chi connectivity index (χ4v) is 2.52. The Balaban J connectivity index is 1.99. The summed E-state index contributed by atoms with van der Waals surface area (Å²) in [5, 5.41) is 16.0. The molecule has 2 aromatic rings. The summed E-state index contributed by atoms with van der Waals surface area (Å²) in [5.74, 6) is 0.228. The van der Waals surface area contributed by atoms with Crippen molar-refractivity contribution in [2.75, 3.05) is 13.1 Å². The van der Waals surface area contributed by atoms with Crippen LogP contribution in [0, 0.1) is 17.1 Å². The maximum absolute atomic E-state index is 13.8. The average Bonchev–Trinajstić information content (AvgIpc) is 2.62. The Labute approximate surface area is 152 Å². The molecule has 0 fully saturated rings. The molecular formula is C19H20ClFN4.